The number of urea groups is 1. The van der Waals surface area contributed by atoms with Crippen molar-refractivity contribution < 1.29 is 19.4 Å². The van der Waals surface area contributed by atoms with Gasteiger partial charge in [0.25, 0.3) is 0 Å². The normalized spacial score (nSPS) is 17.9. The highest BCUT2D eigenvalue weighted by Gasteiger charge is 2.33. The van der Waals surface area contributed by atoms with Crippen molar-refractivity contribution in [3.8, 4) is 5.75 Å². The van der Waals surface area contributed by atoms with E-state index in [1.54, 1.807) is 7.11 Å². The number of carboxylic acids is 1. The smallest absolute Gasteiger partial charge is 0.326 e. The summed E-state index contributed by atoms with van der Waals surface area (Å²) in [6, 6.07) is 6.33. The molecule has 0 aliphatic carbocycles. The molecule has 6 heteroatoms. The molecular formula is C14H18N2O4. The van der Waals surface area contributed by atoms with Crippen LogP contribution in [0.1, 0.15) is 18.4 Å². The summed E-state index contributed by atoms with van der Waals surface area (Å²) in [5.41, 5.74) is 0.856. The molecule has 0 saturated carbocycles. The summed E-state index contributed by atoms with van der Waals surface area (Å²) in [5.74, 6) is -0.251. The maximum Gasteiger partial charge on any atom is 0.326 e. The van der Waals surface area contributed by atoms with E-state index < -0.39 is 12.0 Å². The van der Waals surface area contributed by atoms with Crippen LogP contribution < -0.4 is 10.1 Å². The average molecular weight is 278 g/mol. The van der Waals surface area contributed by atoms with Crippen molar-refractivity contribution in [2.24, 2.45) is 0 Å². The van der Waals surface area contributed by atoms with E-state index in [0.29, 0.717) is 25.3 Å². The molecule has 0 unspecified atom stereocenters. The Kier molecular flexibility index (Phi) is 4.45. The van der Waals surface area contributed by atoms with Crippen molar-refractivity contribution in [1.82, 2.24) is 10.2 Å². The number of ether oxygens (including phenoxy) is 1. The third-order valence-electron chi connectivity index (χ3n) is 3.42. The first-order chi connectivity index (χ1) is 9.63. The predicted octanol–water partition coefficient (Wildman–Crippen LogP) is 1.45. The minimum absolute atomic E-state index is 0.311. The zero-order valence-electron chi connectivity index (χ0n) is 11.3. The van der Waals surface area contributed by atoms with Gasteiger partial charge in [0, 0.05) is 18.7 Å². The molecule has 2 N–H and O–H groups in total. The lowest BCUT2D eigenvalue weighted by Crippen LogP contribution is -2.45. The number of carbonyl (C=O) groups is 2. The maximum absolute atomic E-state index is 12.0. The van der Waals surface area contributed by atoms with E-state index in [4.69, 9.17) is 9.84 Å². The highest BCUT2D eigenvalue weighted by atomic mass is 16.5. The van der Waals surface area contributed by atoms with Gasteiger partial charge in [0.2, 0.25) is 0 Å². The van der Waals surface area contributed by atoms with Gasteiger partial charge in [-0.15, -0.1) is 0 Å². The van der Waals surface area contributed by atoms with Crippen LogP contribution in [0.3, 0.4) is 0 Å². The van der Waals surface area contributed by atoms with Crippen LogP contribution >= 0.6 is 0 Å². The van der Waals surface area contributed by atoms with Crippen LogP contribution in [0.4, 0.5) is 4.79 Å². The van der Waals surface area contributed by atoms with E-state index >= 15 is 0 Å². The average Bonchev–Trinajstić information content (AvgIpc) is 2.94. The lowest BCUT2D eigenvalue weighted by Gasteiger charge is -2.22. The second kappa shape index (κ2) is 6.27. The number of carbonyl (C=O) groups excluding carboxylic acids is 1. The summed E-state index contributed by atoms with van der Waals surface area (Å²) in [6.07, 6.45) is 1.23. The van der Waals surface area contributed by atoms with Gasteiger partial charge in [-0.2, -0.15) is 0 Å². The van der Waals surface area contributed by atoms with E-state index in [0.717, 1.165) is 12.0 Å². The number of aliphatic carboxylic acids is 1. The number of carboxylic acid groups (broad SMARTS) is 1. The van der Waals surface area contributed by atoms with Crippen LogP contribution in [0.2, 0.25) is 0 Å². The van der Waals surface area contributed by atoms with Gasteiger partial charge in [-0.05, 0) is 18.9 Å². The fourth-order valence-electron chi connectivity index (χ4n) is 2.39. The molecule has 0 spiro atoms. The van der Waals surface area contributed by atoms with Crippen molar-refractivity contribution in [3.05, 3.63) is 29.8 Å². The molecule has 1 aliphatic rings. The van der Waals surface area contributed by atoms with Gasteiger partial charge in [-0.3, -0.25) is 0 Å². The minimum Gasteiger partial charge on any atom is -0.496 e. The molecule has 0 radical (unpaired) electrons. The second-order valence-electron chi connectivity index (χ2n) is 4.66. The third-order valence-corrected chi connectivity index (χ3v) is 3.42. The number of amides is 2. The predicted molar refractivity (Wildman–Crippen MR) is 72.6 cm³/mol. The number of hydrogen-bond donors (Lipinski definition) is 2. The molecule has 1 aliphatic heterocycles. The van der Waals surface area contributed by atoms with Gasteiger partial charge >= 0.3 is 12.0 Å². The van der Waals surface area contributed by atoms with Gasteiger partial charge in [-0.1, -0.05) is 18.2 Å². The Morgan fingerprint density at radius 3 is 2.90 bits per heavy atom. The Balaban J connectivity index is 1.97. The molecule has 20 heavy (non-hydrogen) atoms. The quantitative estimate of drug-likeness (QED) is 0.873. The molecule has 1 atom stereocenters. The number of likely N-dealkylation sites (tertiary alicyclic amines) is 1. The Bertz CT molecular complexity index is 504. The summed E-state index contributed by atoms with van der Waals surface area (Å²) >= 11 is 0. The Morgan fingerprint density at radius 2 is 2.20 bits per heavy atom. The number of para-hydroxylation sites is 1. The number of benzene rings is 1. The number of nitrogens with one attached hydrogen (secondary N) is 1. The zero-order valence-corrected chi connectivity index (χ0v) is 11.3. The van der Waals surface area contributed by atoms with Crippen LogP contribution in [0.5, 0.6) is 5.75 Å². The van der Waals surface area contributed by atoms with Gasteiger partial charge in [-0.25, -0.2) is 9.59 Å². The first-order valence-electron chi connectivity index (χ1n) is 6.52. The molecule has 1 aromatic carbocycles. The zero-order chi connectivity index (χ0) is 14.5. The van der Waals surface area contributed by atoms with Crippen molar-refractivity contribution in [3.63, 3.8) is 0 Å². The Morgan fingerprint density at radius 1 is 1.45 bits per heavy atom. The molecule has 1 saturated heterocycles. The summed E-state index contributed by atoms with van der Waals surface area (Å²) < 4.78 is 5.20. The number of nitrogens with zero attached hydrogens (tertiary/aromatic N) is 1. The SMILES string of the molecule is COc1ccccc1CNC(=O)N1CCC[C@H]1C(=O)O. The number of hydrogen-bond acceptors (Lipinski definition) is 3. The first-order valence-corrected chi connectivity index (χ1v) is 6.52. The van der Waals surface area contributed by atoms with Gasteiger partial charge < -0.3 is 20.1 Å². The van der Waals surface area contributed by atoms with Crippen molar-refractivity contribution >= 4 is 12.0 Å². The van der Waals surface area contributed by atoms with E-state index in [1.165, 1.54) is 4.90 Å². The monoisotopic (exact) mass is 278 g/mol. The molecule has 0 aromatic heterocycles. The topological polar surface area (TPSA) is 78.9 Å². The fraction of sp³-hybridized carbons (Fsp3) is 0.429. The molecular weight excluding hydrogens is 260 g/mol. The van der Waals surface area contributed by atoms with E-state index in [9.17, 15) is 9.59 Å². The highest BCUT2D eigenvalue weighted by molar-refractivity contribution is 5.83. The summed E-state index contributed by atoms with van der Waals surface area (Å²) in [7, 11) is 1.57. The summed E-state index contributed by atoms with van der Waals surface area (Å²) in [5, 5.41) is 11.8. The minimum atomic E-state index is -0.949. The standard InChI is InChI=1S/C14H18N2O4/c1-20-12-7-3-2-5-10(12)9-15-14(19)16-8-4-6-11(16)13(17)18/h2-3,5,7,11H,4,6,8-9H2,1H3,(H,15,19)(H,17,18)/t11-/m0/s1. The van der Waals surface area contributed by atoms with Crippen LogP contribution in [0.15, 0.2) is 24.3 Å². The summed E-state index contributed by atoms with van der Waals surface area (Å²) in [4.78, 5) is 24.5. The Labute approximate surface area is 117 Å². The van der Waals surface area contributed by atoms with Gasteiger partial charge in [0.15, 0.2) is 0 Å². The summed E-state index contributed by atoms with van der Waals surface area (Å²) in [6.45, 7) is 0.792. The van der Waals surface area contributed by atoms with Gasteiger partial charge in [0.1, 0.15) is 11.8 Å². The van der Waals surface area contributed by atoms with Crippen LogP contribution in [0, 0.1) is 0 Å². The maximum atomic E-state index is 12.0. The van der Waals surface area contributed by atoms with Gasteiger partial charge in [0.05, 0.1) is 7.11 Å². The second-order valence-corrected chi connectivity index (χ2v) is 4.66. The molecule has 1 aromatic rings. The molecule has 2 amide bonds. The lowest BCUT2D eigenvalue weighted by atomic mass is 10.2. The van der Waals surface area contributed by atoms with Crippen molar-refractivity contribution in [1.29, 1.82) is 0 Å². The number of rotatable bonds is 4. The molecule has 1 heterocycles. The van der Waals surface area contributed by atoms with E-state index in [1.807, 2.05) is 24.3 Å². The van der Waals surface area contributed by atoms with E-state index in [2.05, 4.69) is 5.32 Å². The molecule has 2 rings (SSSR count). The first kappa shape index (κ1) is 14.2. The lowest BCUT2D eigenvalue weighted by molar-refractivity contribution is -0.141. The highest BCUT2D eigenvalue weighted by Crippen LogP contribution is 2.19. The van der Waals surface area contributed by atoms with E-state index in [-0.39, 0.29) is 6.03 Å². The third kappa shape index (κ3) is 3.01. The fourth-order valence-corrected chi connectivity index (χ4v) is 2.39. The van der Waals surface area contributed by atoms with Crippen LogP contribution in [-0.2, 0) is 11.3 Å². The van der Waals surface area contributed by atoms with Crippen LogP contribution in [-0.4, -0.2) is 41.7 Å². The number of methoxy groups -OCH3 is 1. The molecule has 1 fully saturated rings. The van der Waals surface area contributed by atoms with Crippen LogP contribution in [0.25, 0.3) is 0 Å². The molecule has 108 valence electrons. The van der Waals surface area contributed by atoms with Crippen molar-refractivity contribution in [2.45, 2.75) is 25.4 Å². The van der Waals surface area contributed by atoms with Crippen molar-refractivity contribution in [2.75, 3.05) is 13.7 Å². The molecule has 6 nitrogen and oxygen atoms in total. The largest absolute Gasteiger partial charge is 0.496 e. The molecule has 0 bridgehead atoms. The Hall–Kier alpha value is -2.24.